The fourth-order valence-corrected chi connectivity index (χ4v) is 0.860. The van der Waals surface area contributed by atoms with Gasteiger partial charge in [0, 0.05) is 0 Å². The van der Waals surface area contributed by atoms with Crippen molar-refractivity contribution in [2.45, 2.75) is 6.10 Å². The van der Waals surface area contributed by atoms with Crippen LogP contribution in [0.15, 0.2) is 5.51 Å². The van der Waals surface area contributed by atoms with Crippen LogP contribution in [0.2, 0.25) is 0 Å². The Kier molecular flexibility index (Phi) is 1.86. The first-order valence-electron chi connectivity index (χ1n) is 2.24. The topological polar surface area (TPSA) is 63.1 Å². The van der Waals surface area contributed by atoms with E-state index >= 15 is 0 Å². The van der Waals surface area contributed by atoms with Gasteiger partial charge in [0.15, 0.2) is 17.4 Å². The summed E-state index contributed by atoms with van der Waals surface area (Å²) in [5, 5.41) is 16.0. The molecule has 1 heterocycles. The number of carbonyl (C=O) groups is 1. The molecule has 4 nitrogen and oxygen atoms in total. The number of aldehydes is 1. The van der Waals surface area contributed by atoms with Crippen molar-refractivity contribution in [2.24, 2.45) is 0 Å². The first-order chi connectivity index (χ1) is 4.34. The maximum Gasteiger partial charge on any atom is 0.162 e. The molecule has 1 unspecified atom stereocenters. The van der Waals surface area contributed by atoms with Gasteiger partial charge >= 0.3 is 0 Å². The molecule has 5 heteroatoms. The van der Waals surface area contributed by atoms with Crippen molar-refractivity contribution in [2.75, 3.05) is 0 Å². The lowest BCUT2D eigenvalue weighted by atomic mass is 10.4. The average molecular weight is 144 g/mol. The lowest BCUT2D eigenvalue weighted by Gasteiger charge is -1.90. The van der Waals surface area contributed by atoms with Gasteiger partial charge < -0.3 is 5.11 Å². The van der Waals surface area contributed by atoms with Crippen LogP contribution >= 0.6 is 11.3 Å². The maximum atomic E-state index is 9.89. The highest BCUT2D eigenvalue weighted by molar-refractivity contribution is 7.09. The molecule has 0 saturated carbocycles. The molecule has 1 aromatic heterocycles. The molecule has 0 saturated heterocycles. The number of rotatable bonds is 2. The highest BCUT2D eigenvalue weighted by Crippen LogP contribution is 2.10. The van der Waals surface area contributed by atoms with Crippen molar-refractivity contribution >= 4 is 17.6 Å². The number of hydrogen-bond donors (Lipinski definition) is 1. The molecular formula is C4H4N2O2S. The first-order valence-corrected chi connectivity index (χ1v) is 3.12. The van der Waals surface area contributed by atoms with Gasteiger partial charge in [0.1, 0.15) is 5.51 Å². The second-order valence-electron chi connectivity index (χ2n) is 1.36. The van der Waals surface area contributed by atoms with Crippen LogP contribution in [0.25, 0.3) is 0 Å². The van der Waals surface area contributed by atoms with E-state index in [9.17, 15) is 4.79 Å². The molecule has 0 aromatic carbocycles. The van der Waals surface area contributed by atoms with Gasteiger partial charge in [-0.25, -0.2) is 0 Å². The van der Waals surface area contributed by atoms with E-state index in [1.807, 2.05) is 0 Å². The standard InChI is InChI=1S/C4H4N2O2S/c7-1-3(8)4-6-5-2-9-4/h1-3,8H. The molecule has 0 fully saturated rings. The van der Waals surface area contributed by atoms with E-state index in [1.54, 1.807) is 0 Å². The molecular weight excluding hydrogens is 140 g/mol. The SMILES string of the molecule is O=CC(O)c1nncs1. The van der Waals surface area contributed by atoms with Gasteiger partial charge in [-0.1, -0.05) is 0 Å². The minimum absolute atomic E-state index is 0.338. The molecule has 0 aliphatic heterocycles. The number of nitrogens with zero attached hydrogens (tertiary/aromatic N) is 2. The lowest BCUT2D eigenvalue weighted by Crippen LogP contribution is -1.96. The molecule has 48 valence electrons. The third-order valence-corrected chi connectivity index (χ3v) is 1.52. The summed E-state index contributed by atoms with van der Waals surface area (Å²) in [4.78, 5) is 9.89. The van der Waals surface area contributed by atoms with Crippen molar-refractivity contribution in [3.05, 3.63) is 10.5 Å². The Hall–Kier alpha value is -0.810. The molecule has 1 atom stereocenters. The smallest absolute Gasteiger partial charge is 0.162 e. The summed E-state index contributed by atoms with van der Waals surface area (Å²) in [6.07, 6.45) is -0.682. The van der Waals surface area contributed by atoms with E-state index in [-0.39, 0.29) is 0 Å². The van der Waals surface area contributed by atoms with E-state index in [4.69, 9.17) is 5.11 Å². The highest BCUT2D eigenvalue weighted by atomic mass is 32.1. The van der Waals surface area contributed by atoms with Crippen LogP contribution in [0, 0.1) is 0 Å². The van der Waals surface area contributed by atoms with Gasteiger partial charge in [-0.3, -0.25) is 4.79 Å². The van der Waals surface area contributed by atoms with Crippen LogP contribution < -0.4 is 0 Å². The maximum absolute atomic E-state index is 9.89. The van der Waals surface area contributed by atoms with E-state index in [1.165, 1.54) is 5.51 Å². The molecule has 0 aliphatic rings. The van der Waals surface area contributed by atoms with Gasteiger partial charge in [-0.2, -0.15) is 0 Å². The first kappa shape index (κ1) is 6.31. The second kappa shape index (κ2) is 2.65. The zero-order chi connectivity index (χ0) is 6.69. The largest absolute Gasteiger partial charge is 0.378 e. The predicted octanol–water partition coefficient (Wildman–Crippen LogP) is -0.230. The van der Waals surface area contributed by atoms with Crippen LogP contribution in [0.1, 0.15) is 11.1 Å². The minimum atomic E-state index is -1.10. The van der Waals surface area contributed by atoms with Crippen molar-refractivity contribution in [3.63, 3.8) is 0 Å². The summed E-state index contributed by atoms with van der Waals surface area (Å²) in [6, 6.07) is 0. The van der Waals surface area contributed by atoms with Gasteiger partial charge in [0.25, 0.3) is 0 Å². The van der Waals surface area contributed by atoms with E-state index in [2.05, 4.69) is 10.2 Å². The van der Waals surface area contributed by atoms with Gasteiger partial charge in [0.2, 0.25) is 0 Å². The number of carbonyl (C=O) groups excluding carboxylic acids is 1. The molecule has 0 amide bonds. The van der Waals surface area contributed by atoms with Crippen molar-refractivity contribution in [1.29, 1.82) is 0 Å². The Morgan fingerprint density at radius 1 is 1.89 bits per heavy atom. The van der Waals surface area contributed by atoms with Crippen molar-refractivity contribution < 1.29 is 9.90 Å². The molecule has 0 radical (unpaired) electrons. The van der Waals surface area contributed by atoms with Crippen LogP contribution in [0.4, 0.5) is 0 Å². The number of aliphatic hydroxyl groups excluding tert-OH is 1. The normalized spacial score (nSPS) is 13.0. The highest BCUT2D eigenvalue weighted by Gasteiger charge is 2.07. The summed E-state index contributed by atoms with van der Waals surface area (Å²) in [5.41, 5.74) is 1.46. The molecule has 1 aromatic rings. The zero-order valence-corrected chi connectivity index (χ0v) is 5.21. The Morgan fingerprint density at radius 2 is 2.67 bits per heavy atom. The Bertz CT molecular complexity index is 186. The van der Waals surface area contributed by atoms with E-state index < -0.39 is 6.10 Å². The van der Waals surface area contributed by atoms with Gasteiger partial charge in [-0.05, 0) is 0 Å². The monoisotopic (exact) mass is 144 g/mol. The molecule has 1 rings (SSSR count). The van der Waals surface area contributed by atoms with Gasteiger partial charge in [0.05, 0.1) is 0 Å². The predicted molar refractivity (Wildman–Crippen MR) is 30.9 cm³/mol. The Morgan fingerprint density at radius 3 is 3.11 bits per heavy atom. The quantitative estimate of drug-likeness (QED) is 0.582. The molecule has 1 N–H and O–H groups in total. The third-order valence-electron chi connectivity index (χ3n) is 0.759. The Balaban J connectivity index is 2.76. The Labute approximate surface area is 55.2 Å². The summed E-state index contributed by atoms with van der Waals surface area (Å²) >= 11 is 1.15. The third kappa shape index (κ3) is 1.30. The summed E-state index contributed by atoms with van der Waals surface area (Å²) in [7, 11) is 0. The fraction of sp³-hybridized carbons (Fsp3) is 0.250. The molecule has 0 spiro atoms. The molecule has 0 aliphatic carbocycles. The lowest BCUT2D eigenvalue weighted by molar-refractivity contribution is -0.115. The minimum Gasteiger partial charge on any atom is -0.378 e. The van der Waals surface area contributed by atoms with Gasteiger partial charge in [-0.15, -0.1) is 21.5 Å². The fourth-order valence-electron chi connectivity index (χ4n) is 0.369. The van der Waals surface area contributed by atoms with Crippen molar-refractivity contribution in [1.82, 2.24) is 10.2 Å². The van der Waals surface area contributed by atoms with E-state index in [0.717, 1.165) is 11.3 Å². The summed E-state index contributed by atoms with van der Waals surface area (Å²) < 4.78 is 0. The van der Waals surface area contributed by atoms with Crippen molar-refractivity contribution in [3.8, 4) is 0 Å². The van der Waals surface area contributed by atoms with Crippen LogP contribution in [-0.2, 0) is 4.79 Å². The van der Waals surface area contributed by atoms with E-state index in [0.29, 0.717) is 11.3 Å². The zero-order valence-electron chi connectivity index (χ0n) is 4.39. The second-order valence-corrected chi connectivity index (χ2v) is 2.22. The molecule has 0 bridgehead atoms. The summed E-state index contributed by atoms with van der Waals surface area (Å²) in [6.45, 7) is 0. The van der Waals surface area contributed by atoms with Crippen LogP contribution in [-0.4, -0.2) is 21.6 Å². The number of aliphatic hydroxyl groups is 1. The van der Waals surface area contributed by atoms with Crippen LogP contribution in [0.5, 0.6) is 0 Å². The number of aromatic nitrogens is 2. The molecule has 9 heavy (non-hydrogen) atoms. The average Bonchev–Trinajstić information content (AvgIpc) is 2.37. The van der Waals surface area contributed by atoms with Crippen LogP contribution in [0.3, 0.4) is 0 Å². The summed E-state index contributed by atoms with van der Waals surface area (Å²) in [5.74, 6) is 0. The number of hydrogen-bond acceptors (Lipinski definition) is 5.